The molecule has 0 aromatic heterocycles. The first-order valence-corrected chi connectivity index (χ1v) is 11.1. The molecule has 0 aliphatic heterocycles. The molecule has 1 aromatic carbocycles. The first kappa shape index (κ1) is 26.5. The van der Waals surface area contributed by atoms with Crippen LogP contribution in [0.3, 0.4) is 0 Å². The molecule has 0 saturated carbocycles. The van der Waals surface area contributed by atoms with Crippen molar-refractivity contribution in [2.75, 3.05) is 31.3 Å². The van der Waals surface area contributed by atoms with E-state index in [0.29, 0.717) is 0 Å². The van der Waals surface area contributed by atoms with Crippen LogP contribution >= 0.6 is 11.8 Å². The molecule has 0 spiro atoms. The highest BCUT2D eigenvalue weighted by Crippen LogP contribution is 2.15. The van der Waals surface area contributed by atoms with Crippen LogP contribution < -0.4 is 10.6 Å². The summed E-state index contributed by atoms with van der Waals surface area (Å²) in [6.45, 7) is 0.954. The highest BCUT2D eigenvalue weighted by molar-refractivity contribution is 8.00. The number of phenols is 1. The Kier molecular flexibility index (Phi) is 13.0. The second-order valence-corrected chi connectivity index (χ2v) is 7.53. The van der Waals surface area contributed by atoms with Crippen molar-refractivity contribution in [1.82, 2.24) is 10.6 Å². The van der Waals surface area contributed by atoms with Gasteiger partial charge in [0.15, 0.2) is 0 Å². The molecule has 0 fully saturated rings. The fraction of sp³-hybridized carbons (Fsp3) is 0.476. The highest BCUT2D eigenvalue weighted by Gasteiger charge is 2.26. The molecule has 0 aliphatic carbocycles. The lowest BCUT2D eigenvalue weighted by Gasteiger charge is -2.21. The van der Waals surface area contributed by atoms with Crippen LogP contribution in [0, 0.1) is 0 Å². The topological polar surface area (TPSA) is 145 Å². The van der Waals surface area contributed by atoms with Crippen molar-refractivity contribution >= 4 is 29.5 Å². The number of esters is 1. The Morgan fingerprint density at radius 3 is 2.52 bits per heavy atom. The third-order valence-electron chi connectivity index (χ3n) is 4.03. The third-order valence-corrected chi connectivity index (χ3v) is 4.93. The Hall–Kier alpha value is -2.56. The van der Waals surface area contributed by atoms with Crippen molar-refractivity contribution in [3.05, 3.63) is 42.0 Å². The van der Waals surface area contributed by atoms with Crippen LogP contribution in [0.1, 0.15) is 30.1 Å². The standard InChI is InChI=1S/C21H30N2O7S/c1-2-3-6-11-31-14-19(27)22-10-9-17(21(29)30-15(12-24)13-25)23-20(28)16-7-4-5-8-18(16)26/h3-8,15,17,24-26H,2,9-14H2,1H3,(H,22,27)(H,23,28)/b6-3-. The molecule has 1 rings (SSSR count). The van der Waals surface area contributed by atoms with Gasteiger partial charge in [0.1, 0.15) is 17.9 Å². The summed E-state index contributed by atoms with van der Waals surface area (Å²) in [6, 6.07) is 4.68. The number of hydrogen-bond donors (Lipinski definition) is 5. The normalized spacial score (nSPS) is 12.0. The first-order chi connectivity index (χ1) is 14.9. The summed E-state index contributed by atoms with van der Waals surface area (Å²) < 4.78 is 5.00. The van der Waals surface area contributed by atoms with Crippen molar-refractivity contribution in [3.63, 3.8) is 0 Å². The number of carbonyl (C=O) groups is 3. The Bertz CT molecular complexity index is 738. The number of aliphatic hydroxyl groups is 2. The van der Waals surface area contributed by atoms with E-state index >= 15 is 0 Å². The number of nitrogens with one attached hydrogen (secondary N) is 2. The van der Waals surface area contributed by atoms with Gasteiger partial charge in [0.2, 0.25) is 5.91 Å². The van der Waals surface area contributed by atoms with E-state index in [0.717, 1.165) is 12.2 Å². The van der Waals surface area contributed by atoms with Crippen molar-refractivity contribution in [2.24, 2.45) is 0 Å². The Balaban J connectivity index is 2.67. The molecular formula is C21H30N2O7S. The largest absolute Gasteiger partial charge is 0.507 e. The SMILES string of the molecule is CC/C=C\CSCC(=O)NCCC(NC(=O)c1ccccc1O)C(=O)OC(CO)CO. The van der Waals surface area contributed by atoms with Gasteiger partial charge in [-0.2, -0.15) is 0 Å². The van der Waals surface area contributed by atoms with Crippen LogP contribution in [0.4, 0.5) is 0 Å². The number of hydrogen-bond acceptors (Lipinski definition) is 8. The number of para-hydroxylation sites is 1. The van der Waals surface area contributed by atoms with Gasteiger partial charge in [0.25, 0.3) is 5.91 Å². The third kappa shape index (κ3) is 10.3. The van der Waals surface area contributed by atoms with E-state index in [1.54, 1.807) is 12.1 Å². The van der Waals surface area contributed by atoms with Gasteiger partial charge >= 0.3 is 5.97 Å². The van der Waals surface area contributed by atoms with Crippen molar-refractivity contribution < 1.29 is 34.4 Å². The molecule has 0 heterocycles. The van der Waals surface area contributed by atoms with E-state index < -0.39 is 37.2 Å². The molecule has 1 atom stereocenters. The second-order valence-electron chi connectivity index (χ2n) is 6.50. The summed E-state index contributed by atoms with van der Waals surface area (Å²) >= 11 is 1.45. The lowest BCUT2D eigenvalue weighted by Crippen LogP contribution is -2.45. The molecule has 0 bridgehead atoms. The van der Waals surface area contributed by atoms with E-state index in [4.69, 9.17) is 14.9 Å². The molecule has 31 heavy (non-hydrogen) atoms. The maximum Gasteiger partial charge on any atom is 0.329 e. The number of phenolic OH excluding ortho intramolecular Hbond substituents is 1. The molecule has 10 heteroatoms. The zero-order chi connectivity index (χ0) is 23.1. The molecule has 172 valence electrons. The molecular weight excluding hydrogens is 424 g/mol. The average molecular weight is 455 g/mol. The van der Waals surface area contributed by atoms with Crippen molar-refractivity contribution in [3.8, 4) is 5.75 Å². The van der Waals surface area contributed by atoms with Gasteiger partial charge in [-0.3, -0.25) is 9.59 Å². The average Bonchev–Trinajstić information content (AvgIpc) is 2.76. The number of ether oxygens (including phenoxy) is 1. The first-order valence-electron chi connectivity index (χ1n) is 9.93. The molecule has 0 saturated heterocycles. The molecule has 1 aromatic rings. The number of carbonyl (C=O) groups excluding carboxylic acids is 3. The predicted molar refractivity (Wildman–Crippen MR) is 118 cm³/mol. The zero-order valence-electron chi connectivity index (χ0n) is 17.5. The summed E-state index contributed by atoms with van der Waals surface area (Å²) in [7, 11) is 0. The number of aliphatic hydroxyl groups excluding tert-OH is 2. The fourth-order valence-corrected chi connectivity index (χ4v) is 3.07. The molecule has 0 radical (unpaired) electrons. The Labute approximate surface area is 185 Å². The van der Waals surface area contributed by atoms with Crippen molar-refractivity contribution in [2.45, 2.75) is 31.9 Å². The summed E-state index contributed by atoms with van der Waals surface area (Å²) in [5, 5.41) is 33.2. The second kappa shape index (κ2) is 15.3. The van der Waals surface area contributed by atoms with E-state index in [-0.39, 0.29) is 35.9 Å². The van der Waals surface area contributed by atoms with Gasteiger partial charge in [-0.05, 0) is 25.0 Å². The fourth-order valence-electron chi connectivity index (χ4n) is 2.39. The maximum atomic E-state index is 12.5. The van der Waals surface area contributed by atoms with Gasteiger partial charge in [-0.15, -0.1) is 11.8 Å². The smallest absolute Gasteiger partial charge is 0.329 e. The van der Waals surface area contributed by atoms with Gasteiger partial charge in [0, 0.05) is 12.3 Å². The molecule has 2 amide bonds. The Morgan fingerprint density at radius 1 is 1.16 bits per heavy atom. The molecule has 9 nitrogen and oxygen atoms in total. The van der Waals surface area contributed by atoms with Crippen LogP contribution in [0.15, 0.2) is 36.4 Å². The summed E-state index contributed by atoms with van der Waals surface area (Å²) in [6.07, 6.45) is 3.83. The number of rotatable bonds is 14. The maximum absolute atomic E-state index is 12.5. The van der Waals surface area contributed by atoms with Crippen LogP contribution in [-0.4, -0.2) is 76.5 Å². The van der Waals surface area contributed by atoms with Gasteiger partial charge in [-0.25, -0.2) is 4.79 Å². The van der Waals surface area contributed by atoms with E-state index in [9.17, 15) is 19.5 Å². The lowest BCUT2D eigenvalue weighted by atomic mass is 10.1. The summed E-state index contributed by atoms with van der Waals surface area (Å²) in [5.41, 5.74) is -0.0262. The van der Waals surface area contributed by atoms with E-state index in [2.05, 4.69) is 10.6 Å². The quantitative estimate of drug-likeness (QED) is 0.156. The van der Waals surface area contributed by atoms with Crippen LogP contribution in [0.2, 0.25) is 0 Å². The van der Waals surface area contributed by atoms with E-state index in [1.807, 2.05) is 19.1 Å². The minimum absolute atomic E-state index is 0.0217. The minimum Gasteiger partial charge on any atom is -0.507 e. The van der Waals surface area contributed by atoms with Gasteiger partial charge in [-0.1, -0.05) is 31.2 Å². The lowest BCUT2D eigenvalue weighted by molar-refractivity contribution is -0.156. The Morgan fingerprint density at radius 2 is 1.87 bits per heavy atom. The monoisotopic (exact) mass is 454 g/mol. The molecule has 0 aliphatic rings. The van der Waals surface area contributed by atoms with Crippen molar-refractivity contribution in [1.29, 1.82) is 0 Å². The summed E-state index contributed by atoms with van der Waals surface area (Å²) in [4.78, 5) is 36.8. The molecule has 5 N–H and O–H groups in total. The van der Waals surface area contributed by atoms with Gasteiger partial charge in [0.05, 0.1) is 24.5 Å². The van der Waals surface area contributed by atoms with E-state index in [1.165, 1.54) is 23.9 Å². The minimum atomic E-state index is -1.16. The highest BCUT2D eigenvalue weighted by atomic mass is 32.2. The number of amides is 2. The van der Waals surface area contributed by atoms with Gasteiger partial charge < -0.3 is 30.7 Å². The summed E-state index contributed by atoms with van der Waals surface area (Å²) in [5.74, 6) is -1.06. The van der Waals surface area contributed by atoms with Crippen LogP contribution in [-0.2, 0) is 14.3 Å². The van der Waals surface area contributed by atoms with Crippen LogP contribution in [0.5, 0.6) is 5.75 Å². The number of allylic oxidation sites excluding steroid dienone is 1. The number of aromatic hydroxyl groups is 1. The predicted octanol–water partition coefficient (Wildman–Crippen LogP) is 0.593. The number of thioether (sulfide) groups is 1. The molecule has 1 unspecified atom stereocenters. The number of benzene rings is 1. The zero-order valence-corrected chi connectivity index (χ0v) is 18.3. The van der Waals surface area contributed by atoms with Crippen LogP contribution in [0.25, 0.3) is 0 Å².